The van der Waals surface area contributed by atoms with Gasteiger partial charge in [0, 0.05) is 22.0 Å². The smallest absolute Gasteiger partial charge is 0.159 e. The summed E-state index contributed by atoms with van der Waals surface area (Å²) >= 11 is 0. The van der Waals surface area contributed by atoms with Gasteiger partial charge < -0.3 is 5.32 Å². The predicted molar refractivity (Wildman–Crippen MR) is 211 cm³/mol. The Hall–Kier alpha value is -5.54. The zero-order valence-electron chi connectivity index (χ0n) is 29.3. The summed E-state index contributed by atoms with van der Waals surface area (Å²) in [4.78, 5) is 10.1. The second-order valence-corrected chi connectivity index (χ2v) is 15.3. The van der Waals surface area contributed by atoms with Gasteiger partial charge in [-0.1, -0.05) is 154 Å². The van der Waals surface area contributed by atoms with Crippen LogP contribution in [0, 0.1) is 0 Å². The van der Waals surface area contributed by atoms with Crippen molar-refractivity contribution in [3.8, 4) is 33.4 Å². The van der Waals surface area contributed by atoms with Crippen LogP contribution in [0.3, 0.4) is 0 Å². The fraction of sp³-hybridized carbons (Fsp3) is 0.208. The first-order chi connectivity index (χ1) is 25.0. The van der Waals surface area contributed by atoms with Gasteiger partial charge in [0.1, 0.15) is 12.0 Å². The third kappa shape index (κ3) is 4.71. The molecule has 1 atom stereocenters. The number of hydrogen-bond donors (Lipinski definition) is 1. The highest BCUT2D eigenvalue weighted by atomic mass is 15.2. The van der Waals surface area contributed by atoms with Crippen LogP contribution in [-0.2, 0) is 10.8 Å². The standard InChI is InChI=1S/C48H41N3/c1-47(2)40-25-24-35(28-37(40)39-30-43-38(29-42(39)47)36-18-10-11-19-41(36)48(43)26-12-5-13-27-48)31-20-22-34(23-21-31)46-50-44(32-14-6-3-7-15-32)49-45(51-46)33-16-8-4-9-17-33/h3-4,6-11,14-25,28-30,44H,5,12-13,26-27H2,1-2H3,(H,49,50,51). The van der Waals surface area contributed by atoms with E-state index in [9.17, 15) is 0 Å². The van der Waals surface area contributed by atoms with E-state index < -0.39 is 0 Å². The van der Waals surface area contributed by atoms with Crippen LogP contribution in [0.5, 0.6) is 0 Å². The molecule has 1 spiro atoms. The molecular weight excluding hydrogens is 619 g/mol. The van der Waals surface area contributed by atoms with Crippen molar-refractivity contribution in [3.63, 3.8) is 0 Å². The summed E-state index contributed by atoms with van der Waals surface area (Å²) in [6.07, 6.45) is 6.26. The van der Waals surface area contributed by atoms with E-state index in [1.165, 1.54) is 76.6 Å². The van der Waals surface area contributed by atoms with Gasteiger partial charge in [-0.2, -0.15) is 0 Å². The Balaban J connectivity index is 1.03. The highest BCUT2D eigenvalue weighted by Crippen LogP contribution is 2.59. The molecule has 0 radical (unpaired) electrons. The molecule has 1 aliphatic heterocycles. The van der Waals surface area contributed by atoms with E-state index in [4.69, 9.17) is 9.98 Å². The van der Waals surface area contributed by atoms with Gasteiger partial charge in [0.05, 0.1) is 0 Å². The Kier molecular flexibility index (Phi) is 6.83. The molecule has 3 aliphatic carbocycles. The fourth-order valence-electron chi connectivity index (χ4n) is 9.51. The minimum absolute atomic E-state index is 0.0593. The average molecular weight is 660 g/mol. The summed E-state index contributed by atoms with van der Waals surface area (Å²) in [5.41, 5.74) is 17.4. The van der Waals surface area contributed by atoms with Crippen LogP contribution in [0.2, 0.25) is 0 Å². The Morgan fingerprint density at radius 3 is 1.92 bits per heavy atom. The SMILES string of the molecule is CC1(C)c2ccc(-c3ccc(C4=NC(c5ccccc5)NC(c5ccccc5)=N4)cc3)cc2-c2cc3c(cc21)-c1ccccc1C31CCCCC1. The topological polar surface area (TPSA) is 36.8 Å². The number of fused-ring (bicyclic) bond motifs is 8. The maximum absolute atomic E-state index is 5.09. The van der Waals surface area contributed by atoms with E-state index in [0.29, 0.717) is 0 Å². The molecule has 10 rings (SSSR count). The van der Waals surface area contributed by atoms with Gasteiger partial charge >= 0.3 is 0 Å². The second kappa shape index (κ2) is 11.5. The maximum Gasteiger partial charge on any atom is 0.159 e. The quantitative estimate of drug-likeness (QED) is 0.201. The molecule has 248 valence electrons. The lowest BCUT2D eigenvalue weighted by molar-refractivity contribution is 0.353. The van der Waals surface area contributed by atoms with E-state index >= 15 is 0 Å². The minimum Gasteiger partial charge on any atom is -0.344 e. The first kappa shape index (κ1) is 30.3. The van der Waals surface area contributed by atoms with Crippen molar-refractivity contribution in [1.82, 2.24) is 5.32 Å². The summed E-state index contributed by atoms with van der Waals surface area (Å²) in [5.74, 6) is 1.58. The monoisotopic (exact) mass is 659 g/mol. The number of aliphatic imine (C=N–C) groups is 2. The molecule has 3 nitrogen and oxygen atoms in total. The maximum atomic E-state index is 5.09. The highest BCUT2D eigenvalue weighted by Gasteiger charge is 2.46. The van der Waals surface area contributed by atoms with Gasteiger partial charge in [0.25, 0.3) is 0 Å². The number of rotatable bonds is 4. The Morgan fingerprint density at radius 2 is 1.14 bits per heavy atom. The number of nitrogens with one attached hydrogen (secondary N) is 1. The van der Waals surface area contributed by atoms with Crippen molar-refractivity contribution >= 4 is 11.7 Å². The van der Waals surface area contributed by atoms with Crippen LogP contribution in [0.4, 0.5) is 0 Å². The zero-order chi connectivity index (χ0) is 34.2. The van der Waals surface area contributed by atoms with E-state index in [0.717, 1.165) is 28.4 Å². The number of nitrogens with zero attached hydrogens (tertiary/aromatic N) is 2. The average Bonchev–Trinajstić information content (AvgIpc) is 3.58. The normalized spacial score (nSPS) is 18.9. The Labute approximate surface area is 300 Å². The molecule has 6 aromatic rings. The number of benzene rings is 6. The van der Waals surface area contributed by atoms with Crippen molar-refractivity contribution in [3.05, 3.63) is 178 Å². The van der Waals surface area contributed by atoms with Gasteiger partial charge in [-0.25, -0.2) is 9.98 Å². The van der Waals surface area contributed by atoms with Crippen LogP contribution in [0.25, 0.3) is 33.4 Å². The first-order valence-corrected chi connectivity index (χ1v) is 18.6. The number of hydrogen-bond acceptors (Lipinski definition) is 3. The van der Waals surface area contributed by atoms with Gasteiger partial charge in [-0.15, -0.1) is 0 Å². The lowest BCUT2D eigenvalue weighted by atomic mass is 9.67. The molecule has 6 aromatic carbocycles. The van der Waals surface area contributed by atoms with Crippen LogP contribution >= 0.6 is 0 Å². The summed E-state index contributed by atoms with van der Waals surface area (Å²) in [5, 5.41) is 3.56. The van der Waals surface area contributed by atoms with Crippen molar-refractivity contribution in [2.45, 2.75) is 62.9 Å². The molecule has 0 amide bonds. The Morgan fingerprint density at radius 1 is 0.510 bits per heavy atom. The molecule has 0 aromatic heterocycles. The number of amidine groups is 2. The van der Waals surface area contributed by atoms with E-state index in [-0.39, 0.29) is 17.0 Å². The van der Waals surface area contributed by atoms with E-state index in [1.807, 2.05) is 24.3 Å². The van der Waals surface area contributed by atoms with Gasteiger partial charge in [0.15, 0.2) is 5.84 Å². The van der Waals surface area contributed by atoms with Crippen LogP contribution in [0.15, 0.2) is 150 Å². The first-order valence-electron chi connectivity index (χ1n) is 18.6. The van der Waals surface area contributed by atoms with Crippen molar-refractivity contribution in [2.24, 2.45) is 9.98 Å². The lowest BCUT2D eigenvalue weighted by Gasteiger charge is -2.36. The molecule has 1 N–H and O–H groups in total. The van der Waals surface area contributed by atoms with Crippen LogP contribution in [-0.4, -0.2) is 11.7 Å². The summed E-state index contributed by atoms with van der Waals surface area (Å²) in [6.45, 7) is 4.81. The Bertz CT molecular complexity index is 2380. The molecular formula is C48H41N3. The third-order valence-corrected chi connectivity index (χ3v) is 12.2. The summed E-state index contributed by atoms with van der Waals surface area (Å²) < 4.78 is 0. The highest BCUT2D eigenvalue weighted by molar-refractivity contribution is 6.13. The van der Waals surface area contributed by atoms with Gasteiger partial charge in [-0.3, -0.25) is 0 Å². The molecule has 1 fully saturated rings. The van der Waals surface area contributed by atoms with Gasteiger partial charge in [-0.05, 0) is 92.2 Å². The van der Waals surface area contributed by atoms with Crippen molar-refractivity contribution in [1.29, 1.82) is 0 Å². The fourth-order valence-corrected chi connectivity index (χ4v) is 9.51. The largest absolute Gasteiger partial charge is 0.344 e. The van der Waals surface area contributed by atoms with Crippen LogP contribution < -0.4 is 5.32 Å². The summed E-state index contributed by atoms with van der Waals surface area (Å²) in [7, 11) is 0. The van der Waals surface area contributed by atoms with E-state index in [2.05, 4.69) is 134 Å². The predicted octanol–water partition coefficient (Wildman–Crippen LogP) is 11.4. The molecule has 0 bridgehead atoms. The molecule has 1 heterocycles. The van der Waals surface area contributed by atoms with Gasteiger partial charge in [0.2, 0.25) is 0 Å². The van der Waals surface area contributed by atoms with E-state index in [1.54, 1.807) is 11.1 Å². The third-order valence-electron chi connectivity index (χ3n) is 12.2. The molecule has 3 heteroatoms. The molecule has 0 saturated heterocycles. The van der Waals surface area contributed by atoms with Crippen LogP contribution in [0.1, 0.15) is 91.1 Å². The van der Waals surface area contributed by atoms with Crippen molar-refractivity contribution < 1.29 is 0 Å². The molecule has 51 heavy (non-hydrogen) atoms. The molecule has 1 saturated carbocycles. The second-order valence-electron chi connectivity index (χ2n) is 15.3. The van der Waals surface area contributed by atoms with Crippen molar-refractivity contribution in [2.75, 3.05) is 0 Å². The summed E-state index contributed by atoms with van der Waals surface area (Å²) in [6, 6.07) is 51.1. The zero-order valence-corrected chi connectivity index (χ0v) is 29.3. The molecule has 4 aliphatic rings. The lowest BCUT2D eigenvalue weighted by Crippen LogP contribution is -2.33. The molecule has 1 unspecified atom stereocenters. The minimum atomic E-state index is -0.212.